The number of benzene rings is 4. The third-order valence-electron chi connectivity index (χ3n) is 9.96. The largest absolute Gasteiger partial charge is 0.494 e. The lowest BCUT2D eigenvalue weighted by Crippen LogP contribution is -2.31. The fourth-order valence-electron chi connectivity index (χ4n) is 6.20. The Morgan fingerprint density at radius 1 is 0.704 bits per heavy atom. The number of nitrogens with one attached hydrogen (secondary N) is 2. The van der Waals surface area contributed by atoms with Crippen LogP contribution in [0.2, 0.25) is 5.02 Å². The van der Waals surface area contributed by atoms with E-state index in [2.05, 4.69) is 55.3 Å². The van der Waals surface area contributed by atoms with Crippen LogP contribution in [0.1, 0.15) is 67.7 Å². The number of rotatable bonds is 22. The lowest BCUT2D eigenvalue weighted by Gasteiger charge is -2.32. The normalized spacial score (nSPS) is 14.0. The zero-order valence-electron chi connectivity index (χ0n) is 39.6. The molecule has 1 heterocycles. The van der Waals surface area contributed by atoms with Crippen LogP contribution in [-0.4, -0.2) is 139 Å². The van der Waals surface area contributed by atoms with Crippen LogP contribution in [-0.2, 0) is 40.2 Å². The fourth-order valence-corrected chi connectivity index (χ4v) is 6.78. The predicted octanol–water partition coefficient (Wildman–Crippen LogP) is 5.43. The van der Waals surface area contributed by atoms with Crippen LogP contribution in [0, 0.1) is 10.8 Å². The van der Waals surface area contributed by atoms with Gasteiger partial charge in [0.1, 0.15) is 28.8 Å². The molecule has 20 nitrogen and oxygen atoms in total. The molecular formula is C48H66ClN5O15S2. The first kappa shape index (κ1) is 63.1. The lowest BCUT2D eigenvalue weighted by atomic mass is 9.88. The van der Waals surface area contributed by atoms with Gasteiger partial charge in [0.05, 0.1) is 37.9 Å². The van der Waals surface area contributed by atoms with Crippen molar-refractivity contribution in [2.75, 3.05) is 58.1 Å². The number of carboxylic acid groups (broad SMARTS) is 2. The van der Waals surface area contributed by atoms with E-state index in [-0.39, 0.29) is 11.7 Å². The van der Waals surface area contributed by atoms with Crippen molar-refractivity contribution in [3.63, 3.8) is 0 Å². The van der Waals surface area contributed by atoms with E-state index in [9.17, 15) is 26.4 Å². The SMILES string of the molecule is CN1CCCC1CCOC(C)(c1ccccc1)c1ccc(Cl)cc1.N=C(N)c1ccc(OCCCCCOc2ccc(C(=N)N)cc2)cc1.O=C(O)C=CC(=O)O.O=S(=O)(O)CCO.O=S(=O)(O)CCO. The van der Waals surface area contributed by atoms with Crippen LogP contribution in [0.25, 0.3) is 0 Å². The van der Waals surface area contributed by atoms with Crippen LogP contribution >= 0.6 is 11.6 Å². The van der Waals surface area contributed by atoms with E-state index in [0.717, 1.165) is 54.4 Å². The maximum Gasteiger partial charge on any atom is 0.328 e. The van der Waals surface area contributed by atoms with E-state index in [1.807, 2.05) is 42.5 Å². The second-order valence-electron chi connectivity index (χ2n) is 15.5. The third-order valence-corrected chi connectivity index (χ3v) is 11.6. The Morgan fingerprint density at radius 3 is 1.46 bits per heavy atom. The van der Waals surface area contributed by atoms with Crippen molar-refractivity contribution >= 4 is 55.4 Å². The molecule has 1 aliphatic heterocycles. The molecule has 1 fully saturated rings. The average molecular weight is 1050 g/mol. The maximum absolute atomic E-state index is 9.63. The molecule has 23 heteroatoms. The van der Waals surface area contributed by atoms with Crippen LogP contribution in [0.4, 0.5) is 0 Å². The standard InChI is InChI=1S/C21H26ClNO.C19H24N4O2.C4H4O4.2C2H6O4S/c1-21(17-7-4-3-5-8-17,18-10-12-19(22)13-11-18)24-16-14-20-9-6-15-23(20)2;20-18(21)14-4-8-16(9-5-14)24-12-2-1-3-13-25-17-10-6-15(7-11-17)19(22)23;5-3(6)1-2-4(7)8;2*3-1-2-7(4,5)6/h3-5,7-8,10-13,20H,6,9,14-16H2,1-2H3;4-11H,1-3,12-13H2,(H3,20,21)(H3,22,23);1-2H,(H,5,6)(H,7,8);2*3H,1-2H2,(H,4,5,6). The van der Waals surface area contributed by atoms with Gasteiger partial charge in [0.15, 0.2) is 0 Å². The molecule has 0 spiro atoms. The Hall–Kier alpha value is -5.95. The van der Waals surface area contributed by atoms with E-state index in [4.69, 9.17) is 77.6 Å². The summed E-state index contributed by atoms with van der Waals surface area (Å²) in [6.45, 7) is 4.35. The monoisotopic (exact) mass is 1050 g/mol. The van der Waals surface area contributed by atoms with E-state index in [0.29, 0.717) is 42.5 Å². The molecule has 0 amide bonds. The first-order valence-electron chi connectivity index (χ1n) is 22.0. The summed E-state index contributed by atoms with van der Waals surface area (Å²) in [5.74, 6) is -1.98. The molecule has 2 atom stereocenters. The van der Waals surface area contributed by atoms with Gasteiger partial charge in [-0.05, 0) is 131 Å². The Labute approximate surface area is 420 Å². The number of aliphatic hydroxyl groups excluding tert-OH is 2. The fraction of sp³-hybridized carbons (Fsp3) is 0.375. The number of hydrogen-bond acceptors (Lipinski definition) is 14. The molecule has 71 heavy (non-hydrogen) atoms. The number of aliphatic carboxylic acids is 2. The average Bonchev–Trinajstić information content (AvgIpc) is 3.72. The second-order valence-corrected chi connectivity index (χ2v) is 19.1. The molecule has 0 saturated carbocycles. The Bertz CT molecular complexity index is 2340. The van der Waals surface area contributed by atoms with Crippen LogP contribution in [0.3, 0.4) is 0 Å². The molecular weight excluding hydrogens is 986 g/mol. The van der Waals surface area contributed by atoms with Gasteiger partial charge in [-0.1, -0.05) is 54.1 Å². The molecule has 1 aliphatic rings. The molecule has 1 saturated heterocycles. The molecule has 5 rings (SSSR count). The molecule has 4 aromatic carbocycles. The van der Waals surface area contributed by atoms with Crippen LogP contribution < -0.4 is 20.9 Å². The van der Waals surface area contributed by atoms with Crippen molar-refractivity contribution in [3.8, 4) is 11.5 Å². The van der Waals surface area contributed by atoms with Gasteiger partial charge in [0, 0.05) is 41.0 Å². The molecule has 2 unspecified atom stereocenters. The number of aliphatic hydroxyl groups is 2. The Kier molecular flexibility index (Phi) is 29.8. The Morgan fingerprint density at radius 2 is 1.13 bits per heavy atom. The van der Waals surface area contributed by atoms with Gasteiger partial charge < -0.3 is 51.0 Å². The van der Waals surface area contributed by atoms with E-state index in [1.54, 1.807) is 24.3 Å². The highest BCUT2D eigenvalue weighted by molar-refractivity contribution is 7.86. The number of carboxylic acids is 2. The van der Waals surface area contributed by atoms with Gasteiger partial charge in [-0.2, -0.15) is 16.8 Å². The van der Waals surface area contributed by atoms with Gasteiger partial charge in [-0.3, -0.25) is 19.9 Å². The number of likely N-dealkylation sites (tertiary alicyclic amines) is 1. The summed E-state index contributed by atoms with van der Waals surface area (Å²) in [4.78, 5) is 21.6. The zero-order valence-corrected chi connectivity index (χ0v) is 42.0. The quantitative estimate of drug-likeness (QED) is 0.0154. The smallest absolute Gasteiger partial charge is 0.328 e. The van der Waals surface area contributed by atoms with Crippen LogP contribution in [0.15, 0.2) is 115 Å². The summed E-state index contributed by atoms with van der Waals surface area (Å²) >= 11 is 6.07. The van der Waals surface area contributed by atoms with E-state index < -0.39 is 62.5 Å². The highest BCUT2D eigenvalue weighted by atomic mass is 35.5. The van der Waals surface area contributed by atoms with Gasteiger partial charge in [-0.15, -0.1) is 0 Å². The topological polar surface area (TPSA) is 354 Å². The van der Waals surface area contributed by atoms with Gasteiger partial charge in [-0.25, -0.2) is 9.59 Å². The van der Waals surface area contributed by atoms with Crippen molar-refractivity contribution in [1.29, 1.82) is 10.8 Å². The summed E-state index contributed by atoms with van der Waals surface area (Å²) in [5, 5.41) is 46.8. The van der Waals surface area contributed by atoms with Gasteiger partial charge in [0.25, 0.3) is 20.2 Å². The minimum absolute atomic E-state index is 0.0579. The Balaban J connectivity index is 0.000000503. The lowest BCUT2D eigenvalue weighted by molar-refractivity contribution is -0.134. The zero-order chi connectivity index (χ0) is 53.5. The number of unbranched alkanes of at least 4 members (excludes halogenated alkanes) is 2. The summed E-state index contributed by atoms with van der Waals surface area (Å²) in [6, 6.07) is 33.5. The number of nitrogens with two attached hydrogens (primary N) is 2. The van der Waals surface area contributed by atoms with E-state index in [1.165, 1.54) is 24.9 Å². The molecule has 392 valence electrons. The van der Waals surface area contributed by atoms with Crippen molar-refractivity contribution in [2.24, 2.45) is 11.5 Å². The van der Waals surface area contributed by atoms with Crippen molar-refractivity contribution in [1.82, 2.24) is 4.90 Å². The number of nitrogens with zero attached hydrogens (tertiary/aromatic N) is 1. The molecule has 0 radical (unpaired) electrons. The highest BCUT2D eigenvalue weighted by Crippen LogP contribution is 2.34. The number of nitrogen functional groups attached to an aromatic ring is 2. The molecule has 12 N–H and O–H groups in total. The molecule has 0 bridgehead atoms. The number of hydrogen-bond donors (Lipinski definition) is 10. The number of ether oxygens (including phenoxy) is 3. The van der Waals surface area contributed by atoms with Gasteiger partial charge in [0.2, 0.25) is 0 Å². The van der Waals surface area contributed by atoms with Crippen molar-refractivity contribution < 1.29 is 70.2 Å². The van der Waals surface area contributed by atoms with Crippen LogP contribution in [0.5, 0.6) is 11.5 Å². The number of carbonyl (C=O) groups is 2. The summed E-state index contributed by atoms with van der Waals surface area (Å²) < 4.78 is 72.0. The summed E-state index contributed by atoms with van der Waals surface area (Å²) in [6.07, 6.45) is 7.67. The van der Waals surface area contributed by atoms with E-state index >= 15 is 0 Å². The second kappa shape index (κ2) is 33.6. The summed E-state index contributed by atoms with van der Waals surface area (Å²) in [7, 11) is -5.63. The predicted molar refractivity (Wildman–Crippen MR) is 272 cm³/mol. The molecule has 4 aromatic rings. The first-order valence-corrected chi connectivity index (χ1v) is 25.6. The third kappa shape index (κ3) is 29.1. The molecule has 0 aromatic heterocycles. The highest BCUT2D eigenvalue weighted by Gasteiger charge is 2.31. The number of halogens is 1. The van der Waals surface area contributed by atoms with Crippen molar-refractivity contribution in [2.45, 2.75) is 57.1 Å². The van der Waals surface area contributed by atoms with Gasteiger partial charge >= 0.3 is 11.9 Å². The minimum atomic E-state index is -3.92. The van der Waals surface area contributed by atoms with Crippen molar-refractivity contribution in [3.05, 3.63) is 143 Å². The number of amidine groups is 2. The maximum atomic E-state index is 9.63. The summed E-state index contributed by atoms with van der Waals surface area (Å²) in [5.41, 5.74) is 14.1. The minimum Gasteiger partial charge on any atom is -0.494 e. The molecule has 0 aliphatic carbocycles. The first-order chi connectivity index (χ1) is 33.4.